The van der Waals surface area contributed by atoms with Crippen LogP contribution in [0.4, 0.5) is 9.93 Å². The minimum absolute atomic E-state index is 0.387. The third kappa shape index (κ3) is 4.32. The van der Waals surface area contributed by atoms with E-state index in [1.54, 1.807) is 45.4 Å². The summed E-state index contributed by atoms with van der Waals surface area (Å²) in [6.45, 7) is 3.09. The number of carbonyl (C=O) groups excluding carboxylic acids is 3. The smallest absolute Gasteiger partial charge is 0.325 e. The third-order valence-electron chi connectivity index (χ3n) is 5.65. The molecule has 1 aromatic heterocycles. The van der Waals surface area contributed by atoms with E-state index in [4.69, 9.17) is 9.47 Å². The lowest BCUT2D eigenvalue weighted by molar-refractivity contribution is -0.133. The van der Waals surface area contributed by atoms with E-state index in [0.29, 0.717) is 16.4 Å². The molecule has 1 fully saturated rings. The van der Waals surface area contributed by atoms with Crippen LogP contribution in [0.3, 0.4) is 0 Å². The van der Waals surface area contributed by atoms with Gasteiger partial charge < -0.3 is 20.1 Å². The summed E-state index contributed by atoms with van der Waals surface area (Å²) in [4.78, 5) is 44.6. The van der Waals surface area contributed by atoms with Crippen LogP contribution in [-0.4, -0.2) is 48.5 Å². The number of urea groups is 1. The topological polar surface area (TPSA) is 110 Å². The summed E-state index contributed by atoms with van der Waals surface area (Å²) in [6.07, 6.45) is 0. The molecule has 2 aromatic carbocycles. The highest BCUT2D eigenvalue weighted by molar-refractivity contribution is 7.16. The first-order valence-corrected chi connectivity index (χ1v) is 11.3. The van der Waals surface area contributed by atoms with Gasteiger partial charge in [-0.15, -0.1) is 11.3 Å². The Morgan fingerprint density at radius 3 is 2.24 bits per heavy atom. The van der Waals surface area contributed by atoms with Crippen LogP contribution in [0.25, 0.3) is 11.3 Å². The summed E-state index contributed by atoms with van der Waals surface area (Å²) in [6, 6.07) is 13.7. The number of hydrogen-bond acceptors (Lipinski definition) is 7. The van der Waals surface area contributed by atoms with Gasteiger partial charge in [0, 0.05) is 10.4 Å². The maximum atomic E-state index is 13.1. The monoisotopic (exact) mass is 480 g/mol. The normalized spacial score (nSPS) is 17.5. The molecule has 2 N–H and O–H groups in total. The van der Waals surface area contributed by atoms with Gasteiger partial charge in [-0.05, 0) is 55.8 Å². The number of amides is 4. The minimum Gasteiger partial charge on any atom is -0.497 e. The average Bonchev–Trinajstić information content (AvgIpc) is 3.30. The molecule has 4 rings (SSSR count). The number of imide groups is 1. The molecule has 1 atom stereocenters. The molecule has 4 amide bonds. The van der Waals surface area contributed by atoms with Crippen molar-refractivity contribution < 1.29 is 23.9 Å². The standard InChI is InChI=1S/C24H24N4O5S/c1-14-20(15-5-9-17(32-3)10-6-15)26-22(34-14)25-19(29)13-28-21(30)24(2,27-23(28)31)16-7-11-18(33-4)12-8-16/h5-12H,13H2,1-4H3,(H,27,31)(H,25,26,29)/t24-/m0/s1. The van der Waals surface area contributed by atoms with E-state index < -0.39 is 29.9 Å². The number of rotatable bonds is 7. The Morgan fingerprint density at radius 2 is 1.65 bits per heavy atom. The number of hydrogen-bond donors (Lipinski definition) is 2. The number of nitrogens with one attached hydrogen (secondary N) is 2. The van der Waals surface area contributed by atoms with Gasteiger partial charge >= 0.3 is 6.03 Å². The van der Waals surface area contributed by atoms with Crippen molar-refractivity contribution in [2.24, 2.45) is 0 Å². The fourth-order valence-electron chi connectivity index (χ4n) is 3.73. The number of aromatic nitrogens is 1. The molecule has 0 radical (unpaired) electrons. The van der Waals surface area contributed by atoms with Crippen LogP contribution in [-0.2, 0) is 15.1 Å². The molecule has 0 aliphatic carbocycles. The van der Waals surface area contributed by atoms with E-state index in [0.717, 1.165) is 26.8 Å². The van der Waals surface area contributed by atoms with Crippen molar-refractivity contribution in [1.29, 1.82) is 0 Å². The number of carbonyl (C=O) groups is 3. The second-order valence-corrected chi connectivity index (χ2v) is 9.08. The number of anilines is 1. The predicted octanol–water partition coefficient (Wildman–Crippen LogP) is 3.54. The van der Waals surface area contributed by atoms with Crippen LogP contribution >= 0.6 is 11.3 Å². The van der Waals surface area contributed by atoms with Gasteiger partial charge in [-0.2, -0.15) is 0 Å². The van der Waals surface area contributed by atoms with E-state index in [1.807, 2.05) is 31.2 Å². The molecule has 34 heavy (non-hydrogen) atoms. The zero-order chi connectivity index (χ0) is 24.5. The summed E-state index contributed by atoms with van der Waals surface area (Å²) in [5.74, 6) is 0.345. The van der Waals surface area contributed by atoms with E-state index in [9.17, 15) is 14.4 Å². The molecule has 176 valence electrons. The first kappa shape index (κ1) is 23.2. The number of methoxy groups -OCH3 is 2. The number of thiazole rings is 1. The van der Waals surface area contributed by atoms with Crippen molar-refractivity contribution in [3.05, 3.63) is 59.0 Å². The summed E-state index contributed by atoms with van der Waals surface area (Å²) >= 11 is 1.32. The highest BCUT2D eigenvalue weighted by atomic mass is 32.1. The van der Waals surface area contributed by atoms with Gasteiger partial charge in [0.15, 0.2) is 5.13 Å². The fourth-order valence-corrected chi connectivity index (χ4v) is 4.58. The van der Waals surface area contributed by atoms with Gasteiger partial charge in [0.05, 0.1) is 19.9 Å². The Hall–Kier alpha value is -3.92. The van der Waals surface area contributed by atoms with Gasteiger partial charge in [0.2, 0.25) is 5.91 Å². The first-order chi connectivity index (χ1) is 16.2. The van der Waals surface area contributed by atoms with Crippen LogP contribution in [0.15, 0.2) is 48.5 Å². The Kier molecular flexibility index (Phi) is 6.25. The Bertz CT molecular complexity index is 1240. The number of nitrogens with zero attached hydrogens (tertiary/aromatic N) is 2. The van der Waals surface area contributed by atoms with Crippen molar-refractivity contribution >= 4 is 34.3 Å². The Labute approximate surface area is 200 Å². The molecule has 3 aromatic rings. The average molecular weight is 481 g/mol. The molecule has 1 saturated heterocycles. The summed E-state index contributed by atoms with van der Waals surface area (Å²) in [5.41, 5.74) is 0.946. The van der Waals surface area contributed by atoms with Crippen molar-refractivity contribution in [1.82, 2.24) is 15.2 Å². The predicted molar refractivity (Wildman–Crippen MR) is 128 cm³/mol. The molecule has 0 spiro atoms. The van der Waals surface area contributed by atoms with Crippen LogP contribution in [0.2, 0.25) is 0 Å². The lowest BCUT2D eigenvalue weighted by Crippen LogP contribution is -2.42. The highest BCUT2D eigenvalue weighted by Crippen LogP contribution is 2.32. The molecular formula is C24H24N4O5S. The lowest BCUT2D eigenvalue weighted by atomic mass is 9.92. The second-order valence-electron chi connectivity index (χ2n) is 7.88. The van der Waals surface area contributed by atoms with Crippen molar-refractivity contribution in [2.45, 2.75) is 19.4 Å². The van der Waals surface area contributed by atoms with Gasteiger partial charge in [-0.3, -0.25) is 14.5 Å². The van der Waals surface area contributed by atoms with Crippen LogP contribution in [0.5, 0.6) is 11.5 Å². The quantitative estimate of drug-likeness (QED) is 0.501. The molecular weight excluding hydrogens is 456 g/mol. The molecule has 10 heteroatoms. The van der Waals surface area contributed by atoms with Gasteiger partial charge in [0.1, 0.15) is 23.6 Å². The fraction of sp³-hybridized carbons (Fsp3) is 0.250. The van der Waals surface area contributed by atoms with Gasteiger partial charge in [-0.25, -0.2) is 9.78 Å². The third-order valence-corrected chi connectivity index (χ3v) is 6.54. The first-order valence-electron chi connectivity index (χ1n) is 10.5. The molecule has 0 bridgehead atoms. The molecule has 0 saturated carbocycles. The van der Waals surface area contributed by atoms with Crippen molar-refractivity contribution in [3.8, 4) is 22.8 Å². The summed E-state index contributed by atoms with van der Waals surface area (Å²) in [5, 5.41) is 5.78. The van der Waals surface area contributed by atoms with Crippen LogP contribution in [0.1, 0.15) is 17.4 Å². The maximum absolute atomic E-state index is 13.1. The van der Waals surface area contributed by atoms with E-state index in [1.165, 1.54) is 11.3 Å². The second kappa shape index (κ2) is 9.14. The maximum Gasteiger partial charge on any atom is 0.325 e. The zero-order valence-electron chi connectivity index (χ0n) is 19.2. The number of aryl methyl sites for hydroxylation is 1. The largest absolute Gasteiger partial charge is 0.497 e. The number of benzene rings is 2. The Morgan fingerprint density at radius 1 is 1.06 bits per heavy atom. The number of ether oxygens (including phenoxy) is 2. The van der Waals surface area contributed by atoms with E-state index in [-0.39, 0.29) is 0 Å². The van der Waals surface area contributed by atoms with Crippen LogP contribution in [0, 0.1) is 6.92 Å². The molecule has 0 unspecified atom stereocenters. The summed E-state index contributed by atoms with van der Waals surface area (Å²) in [7, 11) is 3.14. The Balaban J connectivity index is 1.45. The minimum atomic E-state index is -1.27. The summed E-state index contributed by atoms with van der Waals surface area (Å²) < 4.78 is 10.3. The van der Waals surface area contributed by atoms with Crippen LogP contribution < -0.4 is 20.1 Å². The van der Waals surface area contributed by atoms with E-state index in [2.05, 4.69) is 15.6 Å². The highest BCUT2D eigenvalue weighted by Gasteiger charge is 2.49. The molecule has 1 aliphatic heterocycles. The van der Waals surface area contributed by atoms with Gasteiger partial charge in [-0.1, -0.05) is 12.1 Å². The molecule has 1 aliphatic rings. The molecule has 2 heterocycles. The van der Waals surface area contributed by atoms with Crippen molar-refractivity contribution in [3.63, 3.8) is 0 Å². The zero-order valence-corrected chi connectivity index (χ0v) is 20.0. The van der Waals surface area contributed by atoms with E-state index >= 15 is 0 Å². The lowest BCUT2D eigenvalue weighted by Gasteiger charge is -2.22. The van der Waals surface area contributed by atoms with Crippen molar-refractivity contribution in [2.75, 3.05) is 26.1 Å². The SMILES string of the molecule is COc1ccc(-c2nc(NC(=O)CN3C(=O)N[C@@](C)(c4ccc(OC)cc4)C3=O)sc2C)cc1. The van der Waals surface area contributed by atoms with Gasteiger partial charge in [0.25, 0.3) is 5.91 Å². The molecule has 9 nitrogen and oxygen atoms in total.